The number of methoxy groups -OCH3 is 1. The molecule has 1 atom stereocenters. The van der Waals surface area contributed by atoms with E-state index in [1.807, 2.05) is 0 Å². The standard InChI is InChI=1S/C22H36N4O2S/c1-4-23-21(24-9-7-19-6-5-18(2)20(15-19)27-3)25-16-22(8-14-29-17-22)26-10-12-28-13-11-26/h5-6,15H,4,7-14,16-17H2,1-3H3,(H2,23,24,25). The molecule has 2 N–H and O–H groups in total. The second-order valence-electron chi connectivity index (χ2n) is 7.80. The summed E-state index contributed by atoms with van der Waals surface area (Å²) >= 11 is 2.06. The maximum absolute atomic E-state index is 5.57. The number of nitrogens with zero attached hydrogens (tertiary/aromatic N) is 2. The molecule has 162 valence electrons. The fraction of sp³-hybridized carbons (Fsp3) is 0.682. The monoisotopic (exact) mass is 420 g/mol. The van der Waals surface area contributed by atoms with Crippen LogP contribution < -0.4 is 15.4 Å². The van der Waals surface area contributed by atoms with Crippen LogP contribution in [0, 0.1) is 6.92 Å². The lowest BCUT2D eigenvalue weighted by Crippen LogP contribution is -2.56. The maximum Gasteiger partial charge on any atom is 0.191 e. The Balaban J connectivity index is 1.58. The predicted molar refractivity (Wildman–Crippen MR) is 122 cm³/mol. The van der Waals surface area contributed by atoms with Crippen LogP contribution in [0.1, 0.15) is 24.5 Å². The largest absolute Gasteiger partial charge is 0.496 e. The third-order valence-corrected chi connectivity index (χ3v) is 7.05. The first-order chi connectivity index (χ1) is 14.2. The van der Waals surface area contributed by atoms with Gasteiger partial charge in [-0.05, 0) is 49.6 Å². The summed E-state index contributed by atoms with van der Waals surface area (Å²) in [6, 6.07) is 6.42. The third-order valence-electron chi connectivity index (χ3n) is 5.82. The SMILES string of the molecule is CCNC(=NCC1(N2CCOCC2)CCSC1)NCCc1ccc(C)c(OC)c1. The molecular weight excluding hydrogens is 384 g/mol. The lowest BCUT2D eigenvalue weighted by Gasteiger charge is -2.42. The van der Waals surface area contributed by atoms with Crippen molar-refractivity contribution in [1.82, 2.24) is 15.5 Å². The number of guanidine groups is 1. The molecule has 0 amide bonds. The number of hydrogen-bond donors (Lipinski definition) is 2. The summed E-state index contributed by atoms with van der Waals surface area (Å²) < 4.78 is 11.0. The normalized spacial score (nSPS) is 23.2. The fourth-order valence-corrected chi connectivity index (χ4v) is 5.49. The molecule has 0 bridgehead atoms. The number of ether oxygens (including phenoxy) is 2. The highest BCUT2D eigenvalue weighted by atomic mass is 32.2. The van der Waals surface area contributed by atoms with Crippen molar-refractivity contribution in [2.24, 2.45) is 4.99 Å². The molecule has 1 aromatic carbocycles. The molecule has 0 radical (unpaired) electrons. The van der Waals surface area contributed by atoms with E-state index < -0.39 is 0 Å². The zero-order valence-corrected chi connectivity index (χ0v) is 18.9. The maximum atomic E-state index is 5.57. The number of benzene rings is 1. The van der Waals surface area contributed by atoms with Crippen LogP contribution >= 0.6 is 11.8 Å². The summed E-state index contributed by atoms with van der Waals surface area (Å²) in [5, 5.41) is 6.92. The molecule has 0 saturated carbocycles. The van der Waals surface area contributed by atoms with Gasteiger partial charge < -0.3 is 20.1 Å². The summed E-state index contributed by atoms with van der Waals surface area (Å²) in [6.07, 6.45) is 2.15. The quantitative estimate of drug-likeness (QED) is 0.497. The zero-order chi connectivity index (χ0) is 20.5. The first kappa shape index (κ1) is 22.2. The van der Waals surface area contributed by atoms with Gasteiger partial charge in [0, 0.05) is 31.9 Å². The lowest BCUT2D eigenvalue weighted by atomic mass is 9.96. The molecule has 7 heteroatoms. The average molecular weight is 421 g/mol. The van der Waals surface area contributed by atoms with Gasteiger partial charge in [-0.3, -0.25) is 9.89 Å². The van der Waals surface area contributed by atoms with Crippen LogP contribution in [0.25, 0.3) is 0 Å². The van der Waals surface area contributed by atoms with Gasteiger partial charge in [0.05, 0.1) is 32.4 Å². The van der Waals surface area contributed by atoms with Crippen molar-refractivity contribution in [3.05, 3.63) is 29.3 Å². The summed E-state index contributed by atoms with van der Waals surface area (Å²) in [7, 11) is 1.73. The topological polar surface area (TPSA) is 58.1 Å². The van der Waals surface area contributed by atoms with E-state index in [1.165, 1.54) is 29.1 Å². The van der Waals surface area contributed by atoms with Crippen LogP contribution in [0.15, 0.2) is 23.2 Å². The first-order valence-electron chi connectivity index (χ1n) is 10.7. The summed E-state index contributed by atoms with van der Waals surface area (Å²) in [5.74, 6) is 4.26. The smallest absolute Gasteiger partial charge is 0.191 e. The van der Waals surface area contributed by atoms with Gasteiger partial charge in [0.25, 0.3) is 0 Å². The molecule has 1 aromatic rings. The third kappa shape index (κ3) is 6.03. The highest BCUT2D eigenvalue weighted by molar-refractivity contribution is 7.99. The molecule has 2 aliphatic heterocycles. The van der Waals surface area contributed by atoms with Crippen LogP contribution in [-0.2, 0) is 11.2 Å². The van der Waals surface area contributed by atoms with Gasteiger partial charge in [0.1, 0.15) is 5.75 Å². The molecule has 0 aromatic heterocycles. The van der Waals surface area contributed by atoms with Crippen molar-refractivity contribution in [3.8, 4) is 5.75 Å². The molecule has 6 nitrogen and oxygen atoms in total. The molecule has 29 heavy (non-hydrogen) atoms. The van der Waals surface area contributed by atoms with Gasteiger partial charge in [-0.2, -0.15) is 11.8 Å². The van der Waals surface area contributed by atoms with Crippen molar-refractivity contribution in [3.63, 3.8) is 0 Å². The number of aliphatic imine (C=N–C) groups is 1. The Morgan fingerprint density at radius 1 is 1.31 bits per heavy atom. The number of hydrogen-bond acceptors (Lipinski definition) is 5. The van der Waals surface area contributed by atoms with Crippen LogP contribution in [0.4, 0.5) is 0 Å². The molecule has 2 saturated heterocycles. The Morgan fingerprint density at radius 2 is 2.14 bits per heavy atom. The molecule has 3 rings (SSSR count). The fourth-order valence-electron chi connectivity index (χ4n) is 4.02. The minimum absolute atomic E-state index is 0.182. The summed E-state index contributed by atoms with van der Waals surface area (Å²) in [4.78, 5) is 7.61. The Labute approximate surface area is 179 Å². The molecule has 2 heterocycles. The number of rotatable bonds is 8. The summed E-state index contributed by atoms with van der Waals surface area (Å²) in [5.41, 5.74) is 2.62. The van der Waals surface area contributed by atoms with Crippen molar-refractivity contribution in [2.75, 3.05) is 64.6 Å². The predicted octanol–water partition coefficient (Wildman–Crippen LogP) is 2.31. The van der Waals surface area contributed by atoms with Crippen molar-refractivity contribution >= 4 is 17.7 Å². The Morgan fingerprint density at radius 3 is 2.83 bits per heavy atom. The van der Waals surface area contributed by atoms with E-state index >= 15 is 0 Å². The van der Waals surface area contributed by atoms with Crippen molar-refractivity contribution in [1.29, 1.82) is 0 Å². The molecule has 2 aliphatic rings. The Kier molecular flexibility index (Phi) is 8.51. The van der Waals surface area contributed by atoms with Gasteiger partial charge in [-0.1, -0.05) is 12.1 Å². The van der Waals surface area contributed by atoms with Crippen LogP contribution in [0.3, 0.4) is 0 Å². The van der Waals surface area contributed by atoms with Crippen LogP contribution in [0.2, 0.25) is 0 Å². The van der Waals surface area contributed by atoms with E-state index in [0.717, 1.165) is 64.1 Å². The molecule has 0 spiro atoms. The molecular formula is C22H36N4O2S. The molecule has 2 fully saturated rings. The van der Waals surface area contributed by atoms with E-state index in [2.05, 4.69) is 59.3 Å². The van der Waals surface area contributed by atoms with E-state index in [4.69, 9.17) is 14.5 Å². The summed E-state index contributed by atoms with van der Waals surface area (Å²) in [6.45, 7) is 10.5. The van der Waals surface area contributed by atoms with E-state index in [-0.39, 0.29) is 5.54 Å². The van der Waals surface area contributed by atoms with Gasteiger partial charge in [0.2, 0.25) is 0 Å². The van der Waals surface area contributed by atoms with Crippen molar-refractivity contribution in [2.45, 2.75) is 32.2 Å². The number of thioether (sulfide) groups is 1. The first-order valence-corrected chi connectivity index (χ1v) is 11.9. The second-order valence-corrected chi connectivity index (χ2v) is 8.91. The minimum atomic E-state index is 0.182. The van der Waals surface area contributed by atoms with E-state index in [0.29, 0.717) is 0 Å². The second kappa shape index (κ2) is 11.1. The van der Waals surface area contributed by atoms with Crippen LogP contribution in [-0.4, -0.2) is 81.0 Å². The van der Waals surface area contributed by atoms with Crippen molar-refractivity contribution < 1.29 is 9.47 Å². The van der Waals surface area contributed by atoms with E-state index in [1.54, 1.807) is 7.11 Å². The number of morpholine rings is 1. The Hall–Kier alpha value is -1.44. The Bertz CT molecular complexity index is 671. The average Bonchev–Trinajstić information content (AvgIpc) is 3.24. The van der Waals surface area contributed by atoms with Gasteiger partial charge in [-0.15, -0.1) is 0 Å². The highest BCUT2D eigenvalue weighted by Gasteiger charge is 2.40. The van der Waals surface area contributed by atoms with Gasteiger partial charge in [-0.25, -0.2) is 0 Å². The van der Waals surface area contributed by atoms with Gasteiger partial charge in [0.15, 0.2) is 5.96 Å². The van der Waals surface area contributed by atoms with Gasteiger partial charge >= 0.3 is 0 Å². The van der Waals surface area contributed by atoms with Crippen LogP contribution in [0.5, 0.6) is 5.75 Å². The highest BCUT2D eigenvalue weighted by Crippen LogP contribution is 2.34. The minimum Gasteiger partial charge on any atom is -0.496 e. The lowest BCUT2D eigenvalue weighted by molar-refractivity contribution is -0.0104. The van der Waals surface area contributed by atoms with E-state index in [9.17, 15) is 0 Å². The molecule has 0 aliphatic carbocycles. The number of nitrogens with one attached hydrogen (secondary N) is 2. The zero-order valence-electron chi connectivity index (χ0n) is 18.1. The molecule has 1 unspecified atom stereocenters. The number of aryl methyl sites for hydroxylation is 1.